The van der Waals surface area contributed by atoms with Crippen molar-refractivity contribution in [3.63, 3.8) is 0 Å². The number of amides is 1. The van der Waals surface area contributed by atoms with E-state index in [-0.39, 0.29) is 16.8 Å². The molecule has 0 spiro atoms. The van der Waals surface area contributed by atoms with Gasteiger partial charge in [0, 0.05) is 18.7 Å². The summed E-state index contributed by atoms with van der Waals surface area (Å²) in [6.07, 6.45) is 0. The van der Waals surface area contributed by atoms with Gasteiger partial charge in [-0.25, -0.2) is 8.42 Å². The summed E-state index contributed by atoms with van der Waals surface area (Å²) in [6.45, 7) is 5.42. The van der Waals surface area contributed by atoms with Crippen LogP contribution in [0, 0.1) is 6.92 Å². The number of nitrogens with one attached hydrogen (secondary N) is 1. The highest BCUT2D eigenvalue weighted by Crippen LogP contribution is 2.20. The number of benzene rings is 2. The van der Waals surface area contributed by atoms with Gasteiger partial charge in [-0.05, 0) is 49.2 Å². The Morgan fingerprint density at radius 3 is 2.33 bits per heavy atom. The van der Waals surface area contributed by atoms with Crippen LogP contribution in [0.4, 0.5) is 0 Å². The molecule has 2 aromatic carbocycles. The van der Waals surface area contributed by atoms with Crippen LogP contribution in [0.2, 0.25) is 0 Å². The van der Waals surface area contributed by atoms with Crippen molar-refractivity contribution in [1.29, 1.82) is 0 Å². The first-order chi connectivity index (χ1) is 12.9. The zero-order chi connectivity index (χ0) is 19.4. The van der Waals surface area contributed by atoms with E-state index in [2.05, 4.69) is 5.32 Å². The maximum Gasteiger partial charge on any atom is 0.251 e. The van der Waals surface area contributed by atoms with Gasteiger partial charge in [0.1, 0.15) is 0 Å². The second kappa shape index (κ2) is 8.21. The molecule has 0 aromatic heterocycles. The van der Waals surface area contributed by atoms with E-state index in [1.165, 1.54) is 16.4 Å². The lowest BCUT2D eigenvalue weighted by atomic mass is 10.0. The summed E-state index contributed by atoms with van der Waals surface area (Å²) in [5, 5.41) is 2.96. The molecule has 0 radical (unpaired) electrons. The highest BCUT2D eigenvalue weighted by atomic mass is 32.2. The van der Waals surface area contributed by atoms with Crippen LogP contribution in [0.3, 0.4) is 0 Å². The molecular formula is C20H24N2O4S. The van der Waals surface area contributed by atoms with Gasteiger partial charge in [-0.3, -0.25) is 4.79 Å². The van der Waals surface area contributed by atoms with Crippen LogP contribution in [0.5, 0.6) is 0 Å². The predicted molar refractivity (Wildman–Crippen MR) is 103 cm³/mol. The molecule has 0 bridgehead atoms. The minimum Gasteiger partial charge on any atom is -0.379 e. The lowest BCUT2D eigenvalue weighted by Crippen LogP contribution is -2.40. The Hall–Kier alpha value is -2.22. The van der Waals surface area contributed by atoms with Crippen molar-refractivity contribution in [3.05, 3.63) is 65.2 Å². The molecule has 1 aliphatic rings. The van der Waals surface area contributed by atoms with Gasteiger partial charge >= 0.3 is 0 Å². The predicted octanol–water partition coefficient (Wildman–Crippen LogP) is 2.51. The molecule has 0 aliphatic carbocycles. The fraction of sp³-hybridized carbons (Fsp3) is 0.350. The van der Waals surface area contributed by atoms with Crippen molar-refractivity contribution >= 4 is 15.9 Å². The minimum absolute atomic E-state index is 0.143. The van der Waals surface area contributed by atoms with E-state index in [9.17, 15) is 13.2 Å². The molecule has 27 heavy (non-hydrogen) atoms. The number of carbonyl (C=O) groups excluding carboxylic acids is 1. The Kier molecular flexibility index (Phi) is 5.94. The quantitative estimate of drug-likeness (QED) is 0.854. The molecular weight excluding hydrogens is 364 g/mol. The summed E-state index contributed by atoms with van der Waals surface area (Å²) in [4.78, 5) is 12.7. The van der Waals surface area contributed by atoms with Crippen LogP contribution in [-0.4, -0.2) is 44.9 Å². The molecule has 6 nitrogen and oxygen atoms in total. The van der Waals surface area contributed by atoms with Crippen LogP contribution >= 0.6 is 0 Å². The topological polar surface area (TPSA) is 75.7 Å². The van der Waals surface area contributed by atoms with Crippen LogP contribution in [0.25, 0.3) is 0 Å². The van der Waals surface area contributed by atoms with Crippen molar-refractivity contribution < 1.29 is 17.9 Å². The van der Waals surface area contributed by atoms with E-state index in [0.29, 0.717) is 31.9 Å². The SMILES string of the molecule is Cc1ccccc1C(C)NC(=O)c1ccc(S(=O)(=O)N2CCOCC2)cc1. The molecule has 1 N–H and O–H groups in total. The lowest BCUT2D eigenvalue weighted by Gasteiger charge is -2.26. The molecule has 7 heteroatoms. The molecule has 1 unspecified atom stereocenters. The highest BCUT2D eigenvalue weighted by Gasteiger charge is 2.26. The third-order valence-corrected chi connectivity index (χ3v) is 6.64. The molecule has 1 heterocycles. The summed E-state index contributed by atoms with van der Waals surface area (Å²) < 4.78 is 31.9. The third-order valence-electron chi connectivity index (χ3n) is 4.73. The number of nitrogens with zero attached hydrogens (tertiary/aromatic N) is 1. The van der Waals surface area contributed by atoms with E-state index in [1.54, 1.807) is 12.1 Å². The van der Waals surface area contributed by atoms with E-state index < -0.39 is 10.0 Å². The standard InChI is InChI=1S/C20H24N2O4S/c1-15-5-3-4-6-19(15)16(2)21-20(23)17-7-9-18(10-8-17)27(24,25)22-11-13-26-14-12-22/h3-10,16H,11-14H2,1-2H3,(H,21,23). The molecule has 1 aliphatic heterocycles. The van der Waals surface area contributed by atoms with Gasteiger partial charge in [-0.2, -0.15) is 4.31 Å². The average Bonchev–Trinajstić information content (AvgIpc) is 2.69. The smallest absolute Gasteiger partial charge is 0.251 e. The summed E-state index contributed by atoms with van der Waals surface area (Å²) >= 11 is 0. The Labute approximate surface area is 160 Å². The fourth-order valence-electron chi connectivity index (χ4n) is 3.14. The Morgan fingerprint density at radius 2 is 1.70 bits per heavy atom. The van der Waals surface area contributed by atoms with Crippen LogP contribution in [0.1, 0.15) is 34.5 Å². The highest BCUT2D eigenvalue weighted by molar-refractivity contribution is 7.89. The fourth-order valence-corrected chi connectivity index (χ4v) is 4.55. The van der Waals surface area contributed by atoms with Crippen LogP contribution in [-0.2, 0) is 14.8 Å². The summed E-state index contributed by atoms with van der Waals surface area (Å²) in [5.74, 6) is -0.235. The number of carbonyl (C=O) groups is 1. The normalized spacial score (nSPS) is 16.7. The summed E-state index contributed by atoms with van der Waals surface area (Å²) in [6, 6.07) is 13.8. The van der Waals surface area contributed by atoms with Gasteiger partial charge in [-0.1, -0.05) is 24.3 Å². The minimum atomic E-state index is -3.55. The van der Waals surface area contributed by atoms with E-state index in [4.69, 9.17) is 4.74 Å². The number of hydrogen-bond acceptors (Lipinski definition) is 4. The zero-order valence-electron chi connectivity index (χ0n) is 15.5. The molecule has 144 valence electrons. The zero-order valence-corrected chi connectivity index (χ0v) is 16.3. The molecule has 3 rings (SSSR count). The van der Waals surface area contributed by atoms with Crippen LogP contribution < -0.4 is 5.32 Å². The van der Waals surface area contributed by atoms with Crippen LogP contribution in [0.15, 0.2) is 53.4 Å². The number of hydrogen-bond donors (Lipinski definition) is 1. The summed E-state index contributed by atoms with van der Waals surface area (Å²) in [7, 11) is -3.55. The van der Waals surface area contributed by atoms with Crippen molar-refractivity contribution in [3.8, 4) is 0 Å². The van der Waals surface area contributed by atoms with E-state index in [0.717, 1.165) is 11.1 Å². The second-order valence-corrected chi connectivity index (χ2v) is 8.53. The number of sulfonamides is 1. The summed E-state index contributed by atoms with van der Waals surface area (Å²) in [5.41, 5.74) is 2.59. The number of rotatable bonds is 5. The first kappa shape index (κ1) is 19.5. The second-order valence-electron chi connectivity index (χ2n) is 6.59. The van der Waals surface area contributed by atoms with Gasteiger partial charge in [0.2, 0.25) is 10.0 Å². The van der Waals surface area contributed by atoms with Gasteiger partial charge < -0.3 is 10.1 Å². The Bertz CT molecular complexity index is 904. The molecule has 0 saturated carbocycles. The molecule has 1 atom stereocenters. The monoisotopic (exact) mass is 388 g/mol. The lowest BCUT2D eigenvalue weighted by molar-refractivity contribution is 0.0730. The largest absolute Gasteiger partial charge is 0.379 e. The molecule has 1 fully saturated rings. The average molecular weight is 388 g/mol. The first-order valence-corrected chi connectivity index (χ1v) is 10.4. The molecule has 1 amide bonds. The van der Waals surface area contributed by atoms with E-state index in [1.807, 2.05) is 38.1 Å². The van der Waals surface area contributed by atoms with Gasteiger partial charge in [-0.15, -0.1) is 0 Å². The maximum atomic E-state index is 12.6. The van der Waals surface area contributed by atoms with Crippen molar-refractivity contribution in [1.82, 2.24) is 9.62 Å². The number of morpholine rings is 1. The maximum absolute atomic E-state index is 12.6. The van der Waals surface area contributed by atoms with Crippen molar-refractivity contribution in [2.45, 2.75) is 24.8 Å². The van der Waals surface area contributed by atoms with Gasteiger partial charge in [0.15, 0.2) is 0 Å². The first-order valence-electron chi connectivity index (χ1n) is 8.94. The number of aryl methyl sites for hydroxylation is 1. The molecule has 1 saturated heterocycles. The Morgan fingerprint density at radius 1 is 1.07 bits per heavy atom. The van der Waals surface area contributed by atoms with Gasteiger partial charge in [0.05, 0.1) is 24.2 Å². The van der Waals surface area contributed by atoms with E-state index >= 15 is 0 Å². The van der Waals surface area contributed by atoms with Gasteiger partial charge in [0.25, 0.3) is 5.91 Å². The van der Waals surface area contributed by atoms with Crippen molar-refractivity contribution in [2.75, 3.05) is 26.3 Å². The Balaban J connectivity index is 1.71. The molecule has 2 aromatic rings. The van der Waals surface area contributed by atoms with Crippen molar-refractivity contribution in [2.24, 2.45) is 0 Å². The third kappa shape index (κ3) is 4.37. The number of ether oxygens (including phenoxy) is 1.